The van der Waals surface area contributed by atoms with Gasteiger partial charge in [-0.3, -0.25) is 4.79 Å². The molecule has 5 nitrogen and oxygen atoms in total. The Morgan fingerprint density at radius 1 is 1.00 bits per heavy atom. The van der Waals surface area contributed by atoms with Crippen molar-refractivity contribution < 1.29 is 26.4 Å². The Labute approximate surface area is 208 Å². The number of nitrogens with zero attached hydrogens (tertiary/aromatic N) is 2. The van der Waals surface area contributed by atoms with E-state index in [1.807, 2.05) is 23.1 Å². The molecule has 4 rings (SSSR count). The third-order valence-electron chi connectivity index (χ3n) is 7.08. The van der Waals surface area contributed by atoms with Gasteiger partial charge < -0.3 is 9.80 Å². The van der Waals surface area contributed by atoms with Gasteiger partial charge in [-0.1, -0.05) is 35.9 Å². The highest BCUT2D eigenvalue weighted by Crippen LogP contribution is 2.41. The molecule has 2 aliphatic rings. The molecule has 1 heterocycles. The molecule has 0 aromatic heterocycles. The van der Waals surface area contributed by atoms with E-state index in [2.05, 4.69) is 0 Å². The molecular weight excluding hydrogens is 501 g/mol. The number of benzene rings is 2. The lowest BCUT2D eigenvalue weighted by atomic mass is 9.80. The summed E-state index contributed by atoms with van der Waals surface area (Å²) >= 11 is 6.50. The molecule has 1 saturated carbocycles. The van der Waals surface area contributed by atoms with Crippen molar-refractivity contribution in [2.45, 2.75) is 42.8 Å². The fraction of sp³-hybridized carbons (Fsp3) is 0.480. The molecule has 1 aliphatic heterocycles. The van der Waals surface area contributed by atoms with E-state index in [1.165, 1.54) is 0 Å². The molecule has 35 heavy (non-hydrogen) atoms. The molecule has 0 unspecified atom stereocenters. The van der Waals surface area contributed by atoms with E-state index < -0.39 is 33.9 Å². The summed E-state index contributed by atoms with van der Waals surface area (Å²) in [6.45, 7) is 1.22. The van der Waals surface area contributed by atoms with Gasteiger partial charge in [0.1, 0.15) is 0 Å². The number of anilines is 1. The number of hydrogen-bond donors (Lipinski definition) is 0. The summed E-state index contributed by atoms with van der Waals surface area (Å²) in [6.07, 6.45) is -2.70. The second kappa shape index (κ2) is 10.0. The van der Waals surface area contributed by atoms with Gasteiger partial charge in [0.15, 0.2) is 9.84 Å². The molecule has 2 aromatic rings. The molecule has 10 heteroatoms. The summed E-state index contributed by atoms with van der Waals surface area (Å²) < 4.78 is 63.4. The fourth-order valence-electron chi connectivity index (χ4n) is 5.11. The largest absolute Gasteiger partial charge is 0.391 e. The lowest BCUT2D eigenvalue weighted by Gasteiger charge is -2.45. The zero-order valence-electron chi connectivity index (χ0n) is 19.3. The van der Waals surface area contributed by atoms with Crippen LogP contribution in [0.3, 0.4) is 0 Å². The number of hydrogen-bond acceptors (Lipinski definition) is 4. The van der Waals surface area contributed by atoms with Crippen LogP contribution >= 0.6 is 11.6 Å². The first-order chi connectivity index (χ1) is 16.4. The Morgan fingerprint density at radius 2 is 1.69 bits per heavy atom. The van der Waals surface area contributed by atoms with Crippen molar-refractivity contribution in [1.82, 2.24) is 4.90 Å². The van der Waals surface area contributed by atoms with Crippen LogP contribution in [0.15, 0.2) is 53.4 Å². The molecule has 0 spiro atoms. The highest BCUT2D eigenvalue weighted by Gasteiger charge is 2.44. The number of halogens is 4. The van der Waals surface area contributed by atoms with E-state index in [1.54, 1.807) is 35.2 Å². The van der Waals surface area contributed by atoms with Gasteiger partial charge in [-0.05, 0) is 55.5 Å². The summed E-state index contributed by atoms with van der Waals surface area (Å²) in [5.41, 5.74) is 1.48. The van der Waals surface area contributed by atoms with Gasteiger partial charge in [0.25, 0.3) is 0 Å². The fourth-order valence-corrected chi connectivity index (χ4v) is 6.03. The Balaban J connectivity index is 1.58. The maximum Gasteiger partial charge on any atom is 0.391 e. The van der Waals surface area contributed by atoms with Gasteiger partial charge in [-0.25, -0.2) is 8.42 Å². The third kappa shape index (κ3) is 5.77. The highest BCUT2D eigenvalue weighted by atomic mass is 35.5. The van der Waals surface area contributed by atoms with Crippen LogP contribution in [0.25, 0.3) is 0 Å². The molecule has 0 radical (unpaired) electrons. The molecule has 2 aromatic carbocycles. The summed E-state index contributed by atoms with van der Waals surface area (Å²) in [4.78, 5) is 17.5. The Hall–Kier alpha value is -2.26. The Kier molecular flexibility index (Phi) is 7.38. The van der Waals surface area contributed by atoms with E-state index in [-0.39, 0.29) is 36.5 Å². The van der Waals surface area contributed by atoms with Crippen molar-refractivity contribution in [3.63, 3.8) is 0 Å². The number of carbonyl (C=O) groups excluding carboxylic acids is 1. The van der Waals surface area contributed by atoms with Gasteiger partial charge in [0, 0.05) is 42.5 Å². The van der Waals surface area contributed by atoms with E-state index in [0.717, 1.165) is 17.5 Å². The first-order valence-electron chi connectivity index (χ1n) is 11.6. The minimum atomic E-state index is -4.22. The zero-order chi connectivity index (χ0) is 25.4. The standard InChI is InChI=1S/C25H28ClF3N2O3S/c1-35(33,34)20-6-4-5-19(15-20)30-13-14-31(23(16-30)21-7-2-3-8-22(21)26)24(32)17-9-11-18(12-10-17)25(27,28)29/h2-8,15,17-18,23H,9-14,16H2,1H3/t17?,18?,23-/m1/s1. The topological polar surface area (TPSA) is 57.7 Å². The van der Waals surface area contributed by atoms with Crippen LogP contribution in [0.1, 0.15) is 37.3 Å². The smallest absolute Gasteiger partial charge is 0.367 e. The van der Waals surface area contributed by atoms with E-state index in [0.29, 0.717) is 24.7 Å². The number of sulfone groups is 1. The summed E-state index contributed by atoms with van der Waals surface area (Å²) in [5, 5.41) is 0.503. The highest BCUT2D eigenvalue weighted by molar-refractivity contribution is 7.90. The molecule has 2 fully saturated rings. The third-order valence-corrected chi connectivity index (χ3v) is 8.53. The molecule has 1 amide bonds. The monoisotopic (exact) mass is 528 g/mol. The van der Waals surface area contributed by atoms with E-state index in [4.69, 9.17) is 11.6 Å². The predicted octanol–water partition coefficient (Wildman–Crippen LogP) is 5.50. The summed E-state index contributed by atoms with van der Waals surface area (Å²) in [5.74, 6) is -1.93. The maximum absolute atomic E-state index is 13.5. The first kappa shape index (κ1) is 25.8. The lowest BCUT2D eigenvalue weighted by molar-refractivity contribution is -0.185. The van der Waals surface area contributed by atoms with Crippen molar-refractivity contribution in [2.24, 2.45) is 11.8 Å². The second-order valence-corrected chi connectivity index (χ2v) is 11.8. The number of rotatable bonds is 4. The van der Waals surface area contributed by atoms with Crippen LogP contribution in [0.2, 0.25) is 5.02 Å². The molecule has 190 valence electrons. The van der Waals surface area contributed by atoms with Crippen LogP contribution in [0.4, 0.5) is 18.9 Å². The average molecular weight is 529 g/mol. The van der Waals surface area contributed by atoms with E-state index >= 15 is 0 Å². The first-order valence-corrected chi connectivity index (χ1v) is 13.9. The summed E-state index contributed by atoms with van der Waals surface area (Å²) in [6, 6.07) is 13.5. The Bertz CT molecular complexity index is 1180. The molecule has 1 aliphatic carbocycles. The second-order valence-electron chi connectivity index (χ2n) is 9.37. The molecule has 0 bridgehead atoms. The molecular formula is C25H28ClF3N2O3S. The number of alkyl halides is 3. The number of piperazine rings is 1. The van der Waals surface area contributed by atoms with Crippen LogP contribution in [0, 0.1) is 11.8 Å². The maximum atomic E-state index is 13.5. The van der Waals surface area contributed by atoms with Crippen molar-refractivity contribution in [1.29, 1.82) is 0 Å². The average Bonchev–Trinajstić information content (AvgIpc) is 2.83. The predicted molar refractivity (Wildman–Crippen MR) is 129 cm³/mol. The summed E-state index contributed by atoms with van der Waals surface area (Å²) in [7, 11) is -3.38. The van der Waals surface area contributed by atoms with Crippen LogP contribution in [-0.4, -0.2) is 51.3 Å². The van der Waals surface area contributed by atoms with Gasteiger partial charge in [0.2, 0.25) is 5.91 Å². The minimum Gasteiger partial charge on any atom is -0.367 e. The van der Waals surface area contributed by atoms with Crippen molar-refractivity contribution >= 4 is 33.0 Å². The van der Waals surface area contributed by atoms with Crippen LogP contribution < -0.4 is 4.90 Å². The van der Waals surface area contributed by atoms with Gasteiger partial charge in [0.05, 0.1) is 16.9 Å². The normalized spacial score (nSPS) is 23.9. The SMILES string of the molecule is CS(=O)(=O)c1cccc(N2CCN(C(=O)C3CCC(C(F)(F)F)CC3)[C@@H](c3ccccc3Cl)C2)c1. The molecule has 1 saturated heterocycles. The van der Waals surface area contributed by atoms with Gasteiger partial charge >= 0.3 is 6.18 Å². The van der Waals surface area contributed by atoms with Gasteiger partial charge in [-0.2, -0.15) is 13.2 Å². The Morgan fingerprint density at radius 3 is 2.31 bits per heavy atom. The number of carbonyl (C=O) groups is 1. The molecule has 0 N–H and O–H groups in total. The van der Waals surface area contributed by atoms with Crippen molar-refractivity contribution in [2.75, 3.05) is 30.8 Å². The van der Waals surface area contributed by atoms with Crippen LogP contribution in [-0.2, 0) is 14.6 Å². The van der Waals surface area contributed by atoms with Crippen LogP contribution in [0.5, 0.6) is 0 Å². The van der Waals surface area contributed by atoms with E-state index in [9.17, 15) is 26.4 Å². The zero-order valence-corrected chi connectivity index (χ0v) is 20.9. The molecule has 1 atom stereocenters. The minimum absolute atomic E-state index is 0.0328. The number of amides is 1. The van der Waals surface area contributed by atoms with Crippen molar-refractivity contribution in [3.05, 3.63) is 59.1 Å². The van der Waals surface area contributed by atoms with Crippen molar-refractivity contribution in [3.8, 4) is 0 Å². The lowest BCUT2D eigenvalue weighted by Crippen LogP contribution is -2.52. The van der Waals surface area contributed by atoms with Gasteiger partial charge in [-0.15, -0.1) is 0 Å². The quantitative estimate of drug-likeness (QED) is 0.525.